The Morgan fingerprint density at radius 2 is 2.32 bits per heavy atom. The minimum Gasteiger partial charge on any atom is -0.370 e. The highest BCUT2D eigenvalue weighted by Gasteiger charge is 2.19. The van der Waals surface area contributed by atoms with Gasteiger partial charge in [0.15, 0.2) is 0 Å². The summed E-state index contributed by atoms with van der Waals surface area (Å²) >= 11 is 0. The van der Waals surface area contributed by atoms with E-state index in [1.165, 1.54) is 10.6 Å². The number of aromatic nitrogens is 2. The molecule has 1 aliphatic heterocycles. The minimum atomic E-state index is -3.07. The molecule has 126 valence electrons. The summed E-state index contributed by atoms with van der Waals surface area (Å²) in [5, 5.41) is 11.3. The van der Waals surface area contributed by atoms with Gasteiger partial charge in [-0.1, -0.05) is 6.92 Å². The third-order valence-electron chi connectivity index (χ3n) is 3.92. The predicted octanol–water partition coefficient (Wildman–Crippen LogP) is 0.494. The maximum atomic E-state index is 11.5. The second-order valence-electron chi connectivity index (χ2n) is 5.91. The molecule has 0 spiro atoms. The molecule has 1 aromatic rings. The molecule has 2 N–H and O–H groups in total. The third-order valence-corrected chi connectivity index (χ3v) is 5.30. The van der Waals surface area contributed by atoms with Crippen molar-refractivity contribution in [2.75, 3.05) is 44.3 Å². The number of aryl methyl sites for hydroxylation is 1. The fourth-order valence-electron chi connectivity index (χ4n) is 2.77. The van der Waals surface area contributed by atoms with Crippen LogP contribution in [0.25, 0.3) is 0 Å². The Hall–Kier alpha value is -1.12. The molecule has 0 aromatic carbocycles. The maximum absolute atomic E-state index is 11.5. The Balaban J connectivity index is 1.66. The molecule has 0 radical (unpaired) electrons. The van der Waals surface area contributed by atoms with Gasteiger partial charge in [-0.25, -0.2) is 17.4 Å². The van der Waals surface area contributed by atoms with E-state index < -0.39 is 10.0 Å². The van der Waals surface area contributed by atoms with Crippen LogP contribution in [0.4, 0.5) is 5.82 Å². The number of nitrogens with zero attached hydrogens (tertiary/aromatic N) is 3. The second-order valence-corrected chi connectivity index (χ2v) is 7.89. The monoisotopic (exact) mass is 329 g/mol. The highest BCUT2D eigenvalue weighted by atomic mass is 32.2. The zero-order valence-electron chi connectivity index (χ0n) is 13.7. The number of rotatable bonds is 8. The van der Waals surface area contributed by atoms with Crippen molar-refractivity contribution < 1.29 is 8.42 Å². The molecule has 1 aromatic heterocycles. The van der Waals surface area contributed by atoms with E-state index in [0.717, 1.165) is 44.1 Å². The van der Waals surface area contributed by atoms with Crippen LogP contribution in [0, 0.1) is 12.8 Å². The highest BCUT2D eigenvalue weighted by Crippen LogP contribution is 2.17. The number of hydrogen-bond donors (Lipinski definition) is 2. The van der Waals surface area contributed by atoms with Crippen molar-refractivity contribution in [1.82, 2.24) is 19.4 Å². The normalized spacial score (nSPS) is 18.3. The van der Waals surface area contributed by atoms with Gasteiger partial charge in [0.05, 0.1) is 11.9 Å². The van der Waals surface area contributed by atoms with Gasteiger partial charge >= 0.3 is 0 Å². The number of anilines is 1. The number of hydrogen-bond acceptors (Lipinski definition) is 5. The van der Waals surface area contributed by atoms with Crippen LogP contribution in [0.2, 0.25) is 0 Å². The summed E-state index contributed by atoms with van der Waals surface area (Å²) in [6.07, 6.45) is 2.09. The van der Waals surface area contributed by atoms with Gasteiger partial charge in [-0.05, 0) is 19.9 Å². The van der Waals surface area contributed by atoms with Crippen LogP contribution < -0.4 is 10.6 Å². The molecule has 2 heterocycles. The van der Waals surface area contributed by atoms with Crippen molar-refractivity contribution >= 4 is 15.8 Å². The molecule has 0 saturated heterocycles. The summed E-state index contributed by atoms with van der Waals surface area (Å²) in [5.41, 5.74) is 1.04. The molecular weight excluding hydrogens is 302 g/mol. The van der Waals surface area contributed by atoms with Crippen LogP contribution in [-0.2, 0) is 16.6 Å². The fraction of sp³-hybridized carbons (Fsp3) is 0.786. The summed E-state index contributed by atoms with van der Waals surface area (Å²) < 4.78 is 26.5. The smallest absolute Gasteiger partial charge is 0.211 e. The van der Waals surface area contributed by atoms with E-state index in [4.69, 9.17) is 0 Å². The van der Waals surface area contributed by atoms with Gasteiger partial charge in [-0.2, -0.15) is 5.10 Å². The van der Waals surface area contributed by atoms with Gasteiger partial charge in [-0.15, -0.1) is 0 Å². The summed E-state index contributed by atoms with van der Waals surface area (Å²) in [6, 6.07) is 2.06. The summed E-state index contributed by atoms with van der Waals surface area (Å²) in [5.74, 6) is 1.60. The average molecular weight is 329 g/mol. The molecule has 2 rings (SSSR count). The van der Waals surface area contributed by atoms with Gasteiger partial charge in [0.2, 0.25) is 10.0 Å². The molecule has 0 bridgehead atoms. The average Bonchev–Trinajstić information content (AvgIpc) is 2.80. The Morgan fingerprint density at radius 1 is 1.55 bits per heavy atom. The predicted molar refractivity (Wildman–Crippen MR) is 88.5 cm³/mol. The molecule has 1 atom stereocenters. The molecule has 0 unspecified atom stereocenters. The fourth-order valence-corrected chi connectivity index (χ4v) is 3.70. The van der Waals surface area contributed by atoms with E-state index >= 15 is 0 Å². The molecule has 8 heteroatoms. The largest absolute Gasteiger partial charge is 0.370 e. The Labute approximate surface area is 133 Å². The van der Waals surface area contributed by atoms with Crippen molar-refractivity contribution in [3.8, 4) is 0 Å². The van der Waals surface area contributed by atoms with E-state index in [0.29, 0.717) is 19.0 Å². The van der Waals surface area contributed by atoms with Crippen molar-refractivity contribution in [2.45, 2.75) is 26.8 Å². The van der Waals surface area contributed by atoms with Gasteiger partial charge in [0.1, 0.15) is 5.82 Å². The topological polar surface area (TPSA) is 79.3 Å². The van der Waals surface area contributed by atoms with Crippen molar-refractivity contribution in [3.63, 3.8) is 0 Å². The van der Waals surface area contributed by atoms with Crippen LogP contribution in [0.1, 0.15) is 19.0 Å². The molecule has 0 fully saturated rings. The molecule has 1 aliphatic rings. The first-order valence-electron chi connectivity index (χ1n) is 7.84. The van der Waals surface area contributed by atoms with E-state index in [2.05, 4.69) is 21.8 Å². The standard InChI is InChI=1S/C14H27N5O2S/c1-4-18(22(3,20)21)7-5-6-15-9-13-10-16-14-8-12(2)17-19(14)11-13/h8,13,15-16H,4-7,9-11H2,1-3H3/t13-/m0/s1. The number of nitrogens with one attached hydrogen (secondary N) is 2. The van der Waals surface area contributed by atoms with E-state index in [9.17, 15) is 8.42 Å². The van der Waals surface area contributed by atoms with Gasteiger partial charge in [-0.3, -0.25) is 0 Å². The molecule has 22 heavy (non-hydrogen) atoms. The van der Waals surface area contributed by atoms with Crippen LogP contribution in [0.5, 0.6) is 0 Å². The summed E-state index contributed by atoms with van der Waals surface area (Å²) in [4.78, 5) is 0. The van der Waals surface area contributed by atoms with Crippen molar-refractivity contribution in [2.24, 2.45) is 5.92 Å². The van der Waals surface area contributed by atoms with Crippen molar-refractivity contribution in [3.05, 3.63) is 11.8 Å². The van der Waals surface area contributed by atoms with Crippen LogP contribution in [-0.4, -0.2) is 61.5 Å². The first-order valence-corrected chi connectivity index (χ1v) is 9.69. The van der Waals surface area contributed by atoms with E-state index in [1.54, 1.807) is 0 Å². The van der Waals surface area contributed by atoms with Gasteiger partial charge < -0.3 is 10.6 Å². The zero-order valence-corrected chi connectivity index (χ0v) is 14.5. The summed E-state index contributed by atoms with van der Waals surface area (Å²) in [7, 11) is -3.07. The minimum absolute atomic E-state index is 0.504. The Kier molecular flexibility index (Phi) is 5.82. The lowest BCUT2D eigenvalue weighted by Gasteiger charge is -2.25. The molecule has 0 aliphatic carbocycles. The quantitative estimate of drug-likeness (QED) is 0.679. The summed E-state index contributed by atoms with van der Waals surface area (Å²) in [6.45, 7) is 8.59. The molecule has 0 saturated carbocycles. The lowest BCUT2D eigenvalue weighted by molar-refractivity contribution is 0.379. The Bertz CT molecular complexity index is 584. The van der Waals surface area contributed by atoms with Crippen LogP contribution in [0.15, 0.2) is 6.07 Å². The molecular formula is C14H27N5O2S. The van der Waals surface area contributed by atoms with Crippen LogP contribution >= 0.6 is 0 Å². The molecule has 7 nitrogen and oxygen atoms in total. The van der Waals surface area contributed by atoms with E-state index in [1.807, 2.05) is 18.5 Å². The van der Waals surface area contributed by atoms with E-state index in [-0.39, 0.29) is 0 Å². The van der Waals surface area contributed by atoms with Gasteiger partial charge in [0.25, 0.3) is 0 Å². The lowest BCUT2D eigenvalue weighted by atomic mass is 10.1. The number of fused-ring (bicyclic) bond motifs is 1. The third kappa shape index (κ3) is 4.69. The molecule has 0 amide bonds. The van der Waals surface area contributed by atoms with Gasteiger partial charge in [0, 0.05) is 44.7 Å². The van der Waals surface area contributed by atoms with Crippen LogP contribution in [0.3, 0.4) is 0 Å². The number of sulfonamides is 1. The second kappa shape index (κ2) is 7.43. The highest BCUT2D eigenvalue weighted by molar-refractivity contribution is 7.88. The Morgan fingerprint density at radius 3 is 3.00 bits per heavy atom. The first-order chi connectivity index (χ1) is 10.4. The maximum Gasteiger partial charge on any atom is 0.211 e. The zero-order chi connectivity index (χ0) is 16.2. The first kappa shape index (κ1) is 17.2. The SMILES string of the molecule is CCN(CCCNC[C@H]1CNc2cc(C)nn2C1)S(C)(=O)=O. The lowest BCUT2D eigenvalue weighted by Crippen LogP contribution is -2.37. The van der Waals surface area contributed by atoms with Crippen molar-refractivity contribution in [1.29, 1.82) is 0 Å².